The zero-order valence-electron chi connectivity index (χ0n) is 12.9. The molecule has 0 heterocycles. The molecule has 0 bridgehead atoms. The molecule has 0 saturated heterocycles. The standard InChI is InChI=1S/C17H22N2O3/c1-22-15-10-13(18-16(20)11-4-2-5-11)8-9-14(15)19-17(21)12-6-3-7-12/h8-12H,2-7H2,1H3,(H,18,20)(H,19,21). The summed E-state index contributed by atoms with van der Waals surface area (Å²) in [4.78, 5) is 24.0. The van der Waals surface area contributed by atoms with Gasteiger partial charge in [0.15, 0.2) is 0 Å². The van der Waals surface area contributed by atoms with Crippen LogP contribution in [0.3, 0.4) is 0 Å². The van der Waals surface area contributed by atoms with E-state index in [1.807, 2.05) is 0 Å². The van der Waals surface area contributed by atoms with Gasteiger partial charge in [-0.2, -0.15) is 0 Å². The van der Waals surface area contributed by atoms with Crippen LogP contribution in [0.15, 0.2) is 18.2 Å². The largest absolute Gasteiger partial charge is 0.494 e. The van der Waals surface area contributed by atoms with E-state index in [9.17, 15) is 9.59 Å². The molecule has 1 aromatic carbocycles. The van der Waals surface area contributed by atoms with E-state index in [-0.39, 0.29) is 23.7 Å². The monoisotopic (exact) mass is 302 g/mol. The number of methoxy groups -OCH3 is 1. The van der Waals surface area contributed by atoms with Crippen molar-refractivity contribution in [2.75, 3.05) is 17.7 Å². The first-order chi connectivity index (χ1) is 10.7. The van der Waals surface area contributed by atoms with Crippen LogP contribution in [0.1, 0.15) is 38.5 Å². The summed E-state index contributed by atoms with van der Waals surface area (Å²) in [5.41, 5.74) is 1.36. The fraction of sp³-hybridized carbons (Fsp3) is 0.529. The Balaban J connectivity index is 1.66. The maximum absolute atomic E-state index is 12.0. The molecule has 2 aliphatic rings. The van der Waals surface area contributed by atoms with Crippen LogP contribution < -0.4 is 15.4 Å². The zero-order valence-corrected chi connectivity index (χ0v) is 12.9. The summed E-state index contributed by atoms with van der Waals surface area (Å²) in [5.74, 6) is 0.959. The molecule has 2 saturated carbocycles. The van der Waals surface area contributed by atoms with Crippen molar-refractivity contribution in [3.8, 4) is 5.75 Å². The number of carbonyl (C=O) groups is 2. The summed E-state index contributed by atoms with van der Waals surface area (Å²) >= 11 is 0. The van der Waals surface area contributed by atoms with E-state index in [1.165, 1.54) is 0 Å². The summed E-state index contributed by atoms with van der Waals surface area (Å²) in [6, 6.07) is 5.34. The summed E-state index contributed by atoms with van der Waals surface area (Å²) in [7, 11) is 1.56. The number of amides is 2. The number of ether oxygens (including phenoxy) is 1. The van der Waals surface area contributed by atoms with E-state index >= 15 is 0 Å². The molecule has 0 spiro atoms. The Labute approximate surface area is 130 Å². The topological polar surface area (TPSA) is 67.4 Å². The maximum atomic E-state index is 12.0. The van der Waals surface area contributed by atoms with Crippen LogP contribution in [0.2, 0.25) is 0 Å². The normalized spacial score (nSPS) is 18.0. The highest BCUT2D eigenvalue weighted by Gasteiger charge is 2.27. The fourth-order valence-corrected chi connectivity index (χ4v) is 2.69. The molecule has 2 fully saturated rings. The Bertz CT molecular complexity index is 577. The first kappa shape index (κ1) is 14.9. The average molecular weight is 302 g/mol. The summed E-state index contributed by atoms with van der Waals surface area (Å²) in [6.45, 7) is 0. The van der Waals surface area contributed by atoms with Gasteiger partial charge in [-0.05, 0) is 37.8 Å². The van der Waals surface area contributed by atoms with Crippen molar-refractivity contribution in [1.82, 2.24) is 0 Å². The van der Waals surface area contributed by atoms with Crippen LogP contribution in [0, 0.1) is 11.8 Å². The quantitative estimate of drug-likeness (QED) is 0.878. The van der Waals surface area contributed by atoms with Gasteiger partial charge >= 0.3 is 0 Å². The highest BCUT2D eigenvalue weighted by Crippen LogP contribution is 2.33. The summed E-state index contributed by atoms with van der Waals surface area (Å²) < 4.78 is 5.33. The second kappa shape index (κ2) is 6.38. The molecule has 3 rings (SSSR count). The van der Waals surface area contributed by atoms with Gasteiger partial charge in [-0.1, -0.05) is 12.8 Å². The third kappa shape index (κ3) is 3.08. The molecular weight excluding hydrogens is 280 g/mol. The molecule has 0 atom stereocenters. The highest BCUT2D eigenvalue weighted by molar-refractivity contribution is 5.96. The number of hydrogen-bond donors (Lipinski definition) is 2. The van der Waals surface area contributed by atoms with Gasteiger partial charge in [-0.25, -0.2) is 0 Å². The Morgan fingerprint density at radius 1 is 1.00 bits per heavy atom. The first-order valence-corrected chi connectivity index (χ1v) is 7.97. The third-order valence-corrected chi connectivity index (χ3v) is 4.68. The molecule has 5 nitrogen and oxygen atoms in total. The van der Waals surface area contributed by atoms with Crippen LogP contribution in [-0.4, -0.2) is 18.9 Å². The second-order valence-electron chi connectivity index (χ2n) is 6.15. The number of rotatable bonds is 5. The average Bonchev–Trinajstić information content (AvgIpc) is 2.36. The number of carbonyl (C=O) groups excluding carboxylic acids is 2. The lowest BCUT2D eigenvalue weighted by Gasteiger charge is -2.25. The lowest BCUT2D eigenvalue weighted by atomic mass is 9.84. The predicted octanol–water partition coefficient (Wildman–Crippen LogP) is 3.17. The van der Waals surface area contributed by atoms with E-state index in [1.54, 1.807) is 25.3 Å². The molecule has 0 radical (unpaired) electrons. The lowest BCUT2D eigenvalue weighted by Crippen LogP contribution is -2.28. The van der Waals surface area contributed by atoms with Gasteiger partial charge < -0.3 is 15.4 Å². The first-order valence-electron chi connectivity index (χ1n) is 7.97. The fourth-order valence-electron chi connectivity index (χ4n) is 2.69. The van der Waals surface area contributed by atoms with Crippen LogP contribution >= 0.6 is 0 Å². The Kier molecular flexibility index (Phi) is 4.32. The molecule has 1 aromatic rings. The van der Waals surface area contributed by atoms with Gasteiger partial charge in [0, 0.05) is 23.6 Å². The van der Waals surface area contributed by atoms with Crippen molar-refractivity contribution in [2.24, 2.45) is 11.8 Å². The number of anilines is 2. The van der Waals surface area contributed by atoms with Gasteiger partial charge in [0.1, 0.15) is 5.75 Å². The van der Waals surface area contributed by atoms with Crippen LogP contribution in [0.5, 0.6) is 5.75 Å². The van der Waals surface area contributed by atoms with Crippen LogP contribution in [0.25, 0.3) is 0 Å². The predicted molar refractivity (Wildman–Crippen MR) is 84.9 cm³/mol. The number of nitrogens with one attached hydrogen (secondary N) is 2. The van der Waals surface area contributed by atoms with E-state index in [4.69, 9.17) is 4.74 Å². The van der Waals surface area contributed by atoms with Gasteiger partial charge in [0.25, 0.3) is 0 Å². The number of hydrogen-bond acceptors (Lipinski definition) is 3. The molecule has 2 amide bonds. The van der Waals surface area contributed by atoms with Gasteiger partial charge in [0.05, 0.1) is 12.8 Å². The van der Waals surface area contributed by atoms with Crippen molar-refractivity contribution in [2.45, 2.75) is 38.5 Å². The molecule has 0 aliphatic heterocycles. The zero-order chi connectivity index (χ0) is 15.5. The van der Waals surface area contributed by atoms with Crippen molar-refractivity contribution < 1.29 is 14.3 Å². The third-order valence-electron chi connectivity index (χ3n) is 4.68. The SMILES string of the molecule is COc1cc(NC(=O)C2CCC2)ccc1NC(=O)C1CCC1. The molecule has 0 aromatic heterocycles. The second-order valence-corrected chi connectivity index (χ2v) is 6.15. The van der Waals surface area contributed by atoms with E-state index in [0.29, 0.717) is 17.1 Å². The molecule has 2 aliphatic carbocycles. The molecular formula is C17H22N2O3. The maximum Gasteiger partial charge on any atom is 0.227 e. The van der Waals surface area contributed by atoms with Gasteiger partial charge in [-0.15, -0.1) is 0 Å². The van der Waals surface area contributed by atoms with Crippen molar-refractivity contribution >= 4 is 23.2 Å². The van der Waals surface area contributed by atoms with E-state index < -0.39 is 0 Å². The Morgan fingerprint density at radius 2 is 1.59 bits per heavy atom. The van der Waals surface area contributed by atoms with Gasteiger partial charge in [0.2, 0.25) is 11.8 Å². The molecule has 0 unspecified atom stereocenters. The Hall–Kier alpha value is -2.04. The smallest absolute Gasteiger partial charge is 0.227 e. The van der Waals surface area contributed by atoms with E-state index in [0.717, 1.165) is 38.5 Å². The highest BCUT2D eigenvalue weighted by atomic mass is 16.5. The minimum absolute atomic E-state index is 0.0517. The van der Waals surface area contributed by atoms with Crippen LogP contribution in [0.4, 0.5) is 11.4 Å². The number of benzene rings is 1. The minimum atomic E-state index is 0.0517. The van der Waals surface area contributed by atoms with Crippen molar-refractivity contribution in [3.05, 3.63) is 18.2 Å². The summed E-state index contributed by atoms with van der Waals surface area (Å²) in [6.07, 6.45) is 6.12. The van der Waals surface area contributed by atoms with Crippen LogP contribution in [-0.2, 0) is 9.59 Å². The van der Waals surface area contributed by atoms with Crippen molar-refractivity contribution in [3.63, 3.8) is 0 Å². The van der Waals surface area contributed by atoms with Gasteiger partial charge in [-0.3, -0.25) is 9.59 Å². The molecule has 5 heteroatoms. The molecule has 22 heavy (non-hydrogen) atoms. The molecule has 2 N–H and O–H groups in total. The van der Waals surface area contributed by atoms with E-state index in [2.05, 4.69) is 10.6 Å². The van der Waals surface area contributed by atoms with Crippen molar-refractivity contribution in [1.29, 1.82) is 0 Å². The molecule has 118 valence electrons. The lowest BCUT2D eigenvalue weighted by molar-refractivity contribution is -0.122. The summed E-state index contributed by atoms with van der Waals surface area (Å²) in [5, 5.41) is 5.82. The Morgan fingerprint density at radius 3 is 2.09 bits per heavy atom. The minimum Gasteiger partial charge on any atom is -0.494 e.